The molecule has 3 aromatic rings. The van der Waals surface area contributed by atoms with Gasteiger partial charge in [0.15, 0.2) is 6.61 Å². The maximum Gasteiger partial charge on any atom is 0.329 e. The summed E-state index contributed by atoms with van der Waals surface area (Å²) in [5.41, 5.74) is 1.62. The van der Waals surface area contributed by atoms with Crippen LogP contribution >= 0.6 is 0 Å². The summed E-state index contributed by atoms with van der Waals surface area (Å²) in [6.07, 6.45) is 1.60. The molecule has 0 unspecified atom stereocenters. The molecule has 162 valence electrons. The van der Waals surface area contributed by atoms with E-state index in [9.17, 15) is 14.4 Å². The number of esters is 1. The molecule has 2 aromatic carbocycles. The molecular formula is C24H26N2O5. The number of aromatic amines is 1. The molecule has 0 saturated carbocycles. The molecule has 3 rings (SSSR count). The van der Waals surface area contributed by atoms with Crippen LogP contribution in [0.3, 0.4) is 0 Å². The normalized spacial score (nSPS) is 11.9. The minimum atomic E-state index is -0.905. The van der Waals surface area contributed by atoms with E-state index in [2.05, 4.69) is 10.3 Å². The monoisotopic (exact) mass is 422 g/mol. The lowest BCUT2D eigenvalue weighted by Gasteiger charge is -2.21. The standard InChI is InChI=1S/C24H26N2O5/c1-4-30-21-12-8-6-10-17(21)23(28)26-22(15(2)3)24(29)31-14-20(27)18-13-25-19-11-7-5-9-16(18)19/h5-13,15,22,25H,4,14H2,1-3H3,(H,26,28)/t22-/m1/s1. The van der Waals surface area contributed by atoms with Crippen LogP contribution in [-0.2, 0) is 9.53 Å². The topological polar surface area (TPSA) is 97.5 Å². The summed E-state index contributed by atoms with van der Waals surface area (Å²) in [4.78, 5) is 41.0. The van der Waals surface area contributed by atoms with Gasteiger partial charge in [0.25, 0.3) is 5.91 Å². The van der Waals surface area contributed by atoms with Gasteiger partial charge in [0.2, 0.25) is 5.78 Å². The number of carbonyl (C=O) groups is 3. The van der Waals surface area contributed by atoms with Crippen molar-refractivity contribution in [3.63, 3.8) is 0 Å². The smallest absolute Gasteiger partial charge is 0.329 e. The number of ether oxygens (including phenoxy) is 2. The number of amides is 1. The fourth-order valence-corrected chi connectivity index (χ4v) is 3.26. The molecule has 0 bridgehead atoms. The molecule has 0 fully saturated rings. The molecular weight excluding hydrogens is 396 g/mol. The van der Waals surface area contributed by atoms with Gasteiger partial charge in [-0.2, -0.15) is 0 Å². The zero-order valence-electron chi connectivity index (χ0n) is 17.8. The number of ketones is 1. The minimum absolute atomic E-state index is 0.237. The summed E-state index contributed by atoms with van der Waals surface area (Å²) in [5.74, 6) is -1.22. The number of hydrogen-bond donors (Lipinski definition) is 2. The van der Waals surface area contributed by atoms with Crippen molar-refractivity contribution >= 4 is 28.6 Å². The van der Waals surface area contributed by atoms with Crippen molar-refractivity contribution in [2.24, 2.45) is 5.92 Å². The largest absolute Gasteiger partial charge is 0.493 e. The van der Waals surface area contributed by atoms with Crippen LogP contribution in [0.1, 0.15) is 41.5 Å². The maximum atomic E-state index is 12.8. The van der Waals surface area contributed by atoms with Gasteiger partial charge in [-0.15, -0.1) is 0 Å². The van der Waals surface area contributed by atoms with Crippen LogP contribution in [0.2, 0.25) is 0 Å². The van der Waals surface area contributed by atoms with Crippen molar-refractivity contribution < 1.29 is 23.9 Å². The first-order chi connectivity index (χ1) is 14.9. The van der Waals surface area contributed by atoms with E-state index in [-0.39, 0.29) is 11.7 Å². The quantitative estimate of drug-likeness (QED) is 0.404. The van der Waals surface area contributed by atoms with Crippen LogP contribution in [0.4, 0.5) is 0 Å². The molecule has 0 spiro atoms. The van der Waals surface area contributed by atoms with E-state index in [1.165, 1.54) is 0 Å². The van der Waals surface area contributed by atoms with E-state index in [0.29, 0.717) is 23.5 Å². The molecule has 1 amide bonds. The van der Waals surface area contributed by atoms with Crippen molar-refractivity contribution in [1.29, 1.82) is 0 Å². The maximum absolute atomic E-state index is 12.8. The Hall–Kier alpha value is -3.61. The van der Waals surface area contributed by atoms with E-state index >= 15 is 0 Å². The van der Waals surface area contributed by atoms with Gasteiger partial charge in [0.05, 0.1) is 12.2 Å². The first-order valence-electron chi connectivity index (χ1n) is 10.2. The van der Waals surface area contributed by atoms with Gasteiger partial charge in [-0.05, 0) is 31.0 Å². The summed E-state index contributed by atoms with van der Waals surface area (Å²) < 4.78 is 10.8. The second-order valence-electron chi connectivity index (χ2n) is 7.40. The first-order valence-corrected chi connectivity index (χ1v) is 10.2. The molecule has 0 aliphatic carbocycles. The van der Waals surface area contributed by atoms with Crippen molar-refractivity contribution in [3.8, 4) is 5.75 Å². The van der Waals surface area contributed by atoms with Gasteiger partial charge in [-0.1, -0.05) is 44.2 Å². The summed E-state index contributed by atoms with van der Waals surface area (Å²) in [6.45, 7) is 5.42. The Morgan fingerprint density at radius 2 is 1.71 bits per heavy atom. The van der Waals surface area contributed by atoms with Crippen molar-refractivity contribution in [3.05, 3.63) is 65.9 Å². The molecule has 31 heavy (non-hydrogen) atoms. The lowest BCUT2D eigenvalue weighted by atomic mass is 10.0. The Bertz CT molecular complexity index is 1090. The number of carbonyl (C=O) groups excluding carboxylic acids is 3. The molecule has 7 heteroatoms. The van der Waals surface area contributed by atoms with E-state index in [4.69, 9.17) is 9.47 Å². The third-order valence-electron chi connectivity index (χ3n) is 4.87. The molecule has 1 atom stereocenters. The van der Waals surface area contributed by atoms with Crippen molar-refractivity contribution in [2.45, 2.75) is 26.8 Å². The van der Waals surface area contributed by atoms with E-state index in [0.717, 1.165) is 10.9 Å². The van der Waals surface area contributed by atoms with Gasteiger partial charge in [0.1, 0.15) is 11.8 Å². The van der Waals surface area contributed by atoms with Gasteiger partial charge in [-0.3, -0.25) is 9.59 Å². The lowest BCUT2D eigenvalue weighted by Crippen LogP contribution is -2.45. The summed E-state index contributed by atoms with van der Waals surface area (Å²) in [7, 11) is 0. The van der Waals surface area contributed by atoms with Crippen LogP contribution in [-0.4, -0.2) is 41.9 Å². The second kappa shape index (κ2) is 9.93. The fourth-order valence-electron chi connectivity index (χ4n) is 3.26. The third kappa shape index (κ3) is 5.12. The number of aromatic nitrogens is 1. The van der Waals surface area contributed by atoms with E-state index < -0.39 is 24.5 Å². The first kappa shape index (κ1) is 22.1. The van der Waals surface area contributed by atoms with Crippen LogP contribution in [0.25, 0.3) is 10.9 Å². The van der Waals surface area contributed by atoms with Gasteiger partial charge in [-0.25, -0.2) is 4.79 Å². The SMILES string of the molecule is CCOc1ccccc1C(=O)N[C@@H](C(=O)OCC(=O)c1c[nH]c2ccccc12)C(C)C. The van der Waals surface area contributed by atoms with Crippen molar-refractivity contribution in [2.75, 3.05) is 13.2 Å². The average molecular weight is 422 g/mol. The predicted octanol–water partition coefficient (Wildman–Crippen LogP) is 3.75. The molecule has 1 aromatic heterocycles. The summed E-state index contributed by atoms with van der Waals surface area (Å²) in [5, 5.41) is 3.48. The molecule has 2 N–H and O–H groups in total. The van der Waals surface area contributed by atoms with Gasteiger partial charge >= 0.3 is 5.97 Å². The molecule has 0 aliphatic rings. The highest BCUT2D eigenvalue weighted by Crippen LogP contribution is 2.20. The van der Waals surface area contributed by atoms with E-state index in [1.807, 2.05) is 31.2 Å². The van der Waals surface area contributed by atoms with Crippen LogP contribution in [0.5, 0.6) is 5.75 Å². The Morgan fingerprint density at radius 1 is 1.00 bits per heavy atom. The van der Waals surface area contributed by atoms with E-state index in [1.54, 1.807) is 44.3 Å². The second-order valence-corrected chi connectivity index (χ2v) is 7.40. The zero-order chi connectivity index (χ0) is 22.4. The van der Waals surface area contributed by atoms with Crippen molar-refractivity contribution in [1.82, 2.24) is 10.3 Å². The Kier molecular flexibility index (Phi) is 7.07. The third-order valence-corrected chi connectivity index (χ3v) is 4.87. The van der Waals surface area contributed by atoms with Crippen LogP contribution in [0, 0.1) is 5.92 Å². The Morgan fingerprint density at radius 3 is 2.45 bits per heavy atom. The number of hydrogen-bond acceptors (Lipinski definition) is 5. The fraction of sp³-hybridized carbons (Fsp3) is 0.292. The molecule has 1 heterocycles. The lowest BCUT2D eigenvalue weighted by molar-refractivity contribution is -0.145. The van der Waals surface area contributed by atoms with Gasteiger partial charge in [0, 0.05) is 22.7 Å². The number of nitrogens with one attached hydrogen (secondary N) is 2. The zero-order valence-corrected chi connectivity index (χ0v) is 17.8. The Labute approximate surface area is 180 Å². The Balaban J connectivity index is 1.67. The predicted molar refractivity (Wildman–Crippen MR) is 117 cm³/mol. The summed E-state index contributed by atoms with van der Waals surface area (Å²) >= 11 is 0. The minimum Gasteiger partial charge on any atom is -0.493 e. The molecule has 0 saturated heterocycles. The molecule has 0 radical (unpaired) electrons. The van der Waals surface area contributed by atoms with Gasteiger partial charge < -0.3 is 19.8 Å². The summed E-state index contributed by atoms with van der Waals surface area (Å²) in [6, 6.07) is 13.3. The average Bonchev–Trinajstić information content (AvgIpc) is 3.20. The molecule has 0 aliphatic heterocycles. The number of rotatable bonds is 9. The number of Topliss-reactive ketones (excluding diaryl/α,β-unsaturated/α-hetero) is 1. The number of H-pyrrole nitrogens is 1. The highest BCUT2D eigenvalue weighted by atomic mass is 16.5. The highest BCUT2D eigenvalue weighted by molar-refractivity contribution is 6.09. The number of benzene rings is 2. The van der Waals surface area contributed by atoms with Crippen LogP contribution < -0.4 is 10.1 Å². The molecule has 7 nitrogen and oxygen atoms in total. The number of fused-ring (bicyclic) bond motifs is 1. The number of para-hydroxylation sites is 2. The highest BCUT2D eigenvalue weighted by Gasteiger charge is 2.28. The van der Waals surface area contributed by atoms with Crippen LogP contribution in [0.15, 0.2) is 54.7 Å².